The lowest BCUT2D eigenvalue weighted by atomic mass is 9.75. The summed E-state index contributed by atoms with van der Waals surface area (Å²) in [6.45, 7) is 2.38. The molecule has 1 aliphatic carbocycles. The third-order valence-electron chi connectivity index (χ3n) is 6.63. The van der Waals surface area contributed by atoms with E-state index in [2.05, 4.69) is 67.6 Å². The molecule has 1 atom stereocenters. The first kappa shape index (κ1) is 19.5. The van der Waals surface area contributed by atoms with Crippen LogP contribution in [0.15, 0.2) is 78.9 Å². The molecular formula is C28H29N. The minimum absolute atomic E-state index is 0.657. The molecule has 0 amide bonds. The average molecular weight is 380 g/mol. The van der Waals surface area contributed by atoms with Crippen molar-refractivity contribution in [3.05, 3.63) is 95.6 Å². The summed E-state index contributed by atoms with van der Waals surface area (Å²) >= 11 is 0. The lowest BCUT2D eigenvalue weighted by molar-refractivity contribution is 0.297. The predicted molar refractivity (Wildman–Crippen MR) is 121 cm³/mol. The highest BCUT2D eigenvalue weighted by Crippen LogP contribution is 2.40. The molecule has 0 aromatic heterocycles. The van der Waals surface area contributed by atoms with Crippen LogP contribution in [0.1, 0.15) is 67.6 Å². The zero-order valence-corrected chi connectivity index (χ0v) is 17.2. The molecule has 0 aliphatic heterocycles. The molecule has 0 saturated heterocycles. The Balaban J connectivity index is 1.33. The maximum absolute atomic E-state index is 8.95. The van der Waals surface area contributed by atoms with Crippen LogP contribution in [0, 0.1) is 17.2 Å². The van der Waals surface area contributed by atoms with Gasteiger partial charge in [-0.05, 0) is 84.2 Å². The van der Waals surface area contributed by atoms with Crippen LogP contribution in [0.5, 0.6) is 0 Å². The van der Waals surface area contributed by atoms with Crippen molar-refractivity contribution in [2.45, 2.75) is 50.9 Å². The number of benzene rings is 3. The predicted octanol–water partition coefficient (Wildman–Crippen LogP) is 7.69. The molecule has 0 radical (unpaired) electrons. The summed E-state index contributed by atoms with van der Waals surface area (Å²) in [6.07, 6.45) is 6.62. The maximum atomic E-state index is 8.95. The molecule has 146 valence electrons. The fourth-order valence-corrected chi connectivity index (χ4v) is 4.83. The second kappa shape index (κ2) is 9.10. The molecule has 0 unspecified atom stereocenters. The van der Waals surface area contributed by atoms with Crippen molar-refractivity contribution in [2.24, 2.45) is 5.92 Å². The fraction of sp³-hybridized carbons (Fsp3) is 0.321. The monoisotopic (exact) mass is 379 g/mol. The van der Waals surface area contributed by atoms with E-state index in [4.69, 9.17) is 5.26 Å². The van der Waals surface area contributed by atoms with Crippen molar-refractivity contribution in [3.8, 4) is 17.2 Å². The summed E-state index contributed by atoms with van der Waals surface area (Å²) in [5, 5.41) is 8.95. The topological polar surface area (TPSA) is 23.8 Å². The van der Waals surface area contributed by atoms with Gasteiger partial charge in [-0.25, -0.2) is 0 Å². The Morgan fingerprint density at radius 1 is 0.793 bits per heavy atom. The standard InChI is InChI=1S/C28H29N/c1-21(24-5-3-2-4-6-24)19-22-7-11-25(12-8-22)27-15-17-28(18-16-27)26-13-9-23(20-29)10-14-26/h2-6,9-10,13-18,21-22,25H,7-8,11-12,19H2,1H3/t21-,22?,25?/m0/s1. The van der Waals surface area contributed by atoms with E-state index < -0.39 is 0 Å². The van der Waals surface area contributed by atoms with Gasteiger partial charge in [-0.3, -0.25) is 0 Å². The van der Waals surface area contributed by atoms with Crippen LogP contribution in [0.4, 0.5) is 0 Å². The summed E-state index contributed by atoms with van der Waals surface area (Å²) in [5.74, 6) is 2.22. The van der Waals surface area contributed by atoms with Crippen molar-refractivity contribution >= 4 is 0 Å². The van der Waals surface area contributed by atoms with Gasteiger partial charge >= 0.3 is 0 Å². The van der Waals surface area contributed by atoms with Gasteiger partial charge in [0.15, 0.2) is 0 Å². The van der Waals surface area contributed by atoms with Crippen LogP contribution < -0.4 is 0 Å². The SMILES string of the molecule is C[C@@H](CC1CCC(c2ccc(-c3ccc(C#N)cc3)cc2)CC1)c1ccccc1. The second-order valence-corrected chi connectivity index (χ2v) is 8.58. The first-order valence-corrected chi connectivity index (χ1v) is 10.9. The molecule has 3 aromatic carbocycles. The van der Waals surface area contributed by atoms with Gasteiger partial charge in [0.2, 0.25) is 0 Å². The summed E-state index contributed by atoms with van der Waals surface area (Å²) in [7, 11) is 0. The van der Waals surface area contributed by atoms with Crippen molar-refractivity contribution in [1.82, 2.24) is 0 Å². The van der Waals surface area contributed by atoms with Gasteiger partial charge in [0.25, 0.3) is 0 Å². The first-order chi connectivity index (χ1) is 14.2. The smallest absolute Gasteiger partial charge is 0.0991 e. The van der Waals surface area contributed by atoms with E-state index in [9.17, 15) is 0 Å². The summed E-state index contributed by atoms with van der Waals surface area (Å²) in [5.41, 5.74) is 6.08. The fourth-order valence-electron chi connectivity index (χ4n) is 4.83. The minimum Gasteiger partial charge on any atom is -0.192 e. The van der Waals surface area contributed by atoms with Crippen LogP contribution in [0.25, 0.3) is 11.1 Å². The molecular weight excluding hydrogens is 350 g/mol. The van der Waals surface area contributed by atoms with E-state index in [1.807, 2.05) is 24.3 Å². The Morgan fingerprint density at radius 3 is 1.97 bits per heavy atom. The Labute approximate surface area is 175 Å². The summed E-state index contributed by atoms with van der Waals surface area (Å²) in [6, 6.07) is 30.1. The van der Waals surface area contributed by atoms with Crippen molar-refractivity contribution in [2.75, 3.05) is 0 Å². The molecule has 3 aromatic rings. The normalized spacial score (nSPS) is 20.0. The molecule has 29 heavy (non-hydrogen) atoms. The number of rotatable bonds is 5. The Bertz CT molecular complexity index is 940. The molecule has 0 spiro atoms. The van der Waals surface area contributed by atoms with E-state index >= 15 is 0 Å². The van der Waals surface area contributed by atoms with Crippen molar-refractivity contribution in [3.63, 3.8) is 0 Å². The van der Waals surface area contributed by atoms with Crippen molar-refractivity contribution < 1.29 is 0 Å². The molecule has 1 saturated carbocycles. The van der Waals surface area contributed by atoms with Gasteiger partial charge in [-0.15, -0.1) is 0 Å². The Hall–Kier alpha value is -2.85. The number of hydrogen-bond donors (Lipinski definition) is 0. The Morgan fingerprint density at radius 2 is 1.38 bits per heavy atom. The number of nitrogens with zero attached hydrogens (tertiary/aromatic N) is 1. The van der Waals surface area contributed by atoms with Gasteiger partial charge in [0, 0.05) is 0 Å². The largest absolute Gasteiger partial charge is 0.192 e. The van der Waals surface area contributed by atoms with Crippen LogP contribution in [0.3, 0.4) is 0 Å². The zero-order valence-electron chi connectivity index (χ0n) is 17.2. The van der Waals surface area contributed by atoms with Crippen molar-refractivity contribution in [1.29, 1.82) is 5.26 Å². The molecule has 1 heteroatoms. The minimum atomic E-state index is 0.657. The number of hydrogen-bond acceptors (Lipinski definition) is 1. The summed E-state index contributed by atoms with van der Waals surface area (Å²) < 4.78 is 0. The van der Waals surface area contributed by atoms with Crippen LogP contribution in [-0.2, 0) is 0 Å². The quantitative estimate of drug-likeness (QED) is 0.445. The zero-order chi connectivity index (χ0) is 20.1. The van der Waals surface area contributed by atoms with Crippen LogP contribution in [0.2, 0.25) is 0 Å². The average Bonchev–Trinajstić information content (AvgIpc) is 2.80. The summed E-state index contributed by atoms with van der Waals surface area (Å²) in [4.78, 5) is 0. The van der Waals surface area contributed by atoms with Gasteiger partial charge < -0.3 is 0 Å². The molecule has 0 heterocycles. The van der Waals surface area contributed by atoms with Gasteiger partial charge in [0.05, 0.1) is 11.6 Å². The first-order valence-electron chi connectivity index (χ1n) is 10.9. The molecule has 0 bridgehead atoms. The van der Waals surface area contributed by atoms with E-state index in [0.717, 1.165) is 5.92 Å². The van der Waals surface area contributed by atoms with E-state index in [-0.39, 0.29) is 0 Å². The van der Waals surface area contributed by atoms with Gasteiger partial charge in [-0.1, -0.05) is 73.7 Å². The lowest BCUT2D eigenvalue weighted by Crippen LogP contribution is -2.15. The molecule has 0 N–H and O–H groups in total. The lowest BCUT2D eigenvalue weighted by Gasteiger charge is -2.30. The van der Waals surface area contributed by atoms with E-state index in [1.54, 1.807) is 0 Å². The van der Waals surface area contributed by atoms with Gasteiger partial charge in [-0.2, -0.15) is 5.26 Å². The molecule has 1 nitrogen and oxygen atoms in total. The van der Waals surface area contributed by atoms with E-state index in [0.29, 0.717) is 17.4 Å². The van der Waals surface area contributed by atoms with E-state index in [1.165, 1.54) is 54.4 Å². The number of nitriles is 1. The highest BCUT2D eigenvalue weighted by Gasteiger charge is 2.24. The van der Waals surface area contributed by atoms with Gasteiger partial charge in [0.1, 0.15) is 0 Å². The van der Waals surface area contributed by atoms with Crippen LogP contribution in [-0.4, -0.2) is 0 Å². The highest BCUT2D eigenvalue weighted by molar-refractivity contribution is 5.64. The second-order valence-electron chi connectivity index (χ2n) is 8.58. The Kier molecular flexibility index (Phi) is 6.11. The highest BCUT2D eigenvalue weighted by atomic mass is 14.3. The van der Waals surface area contributed by atoms with Crippen LogP contribution >= 0.6 is 0 Å². The third-order valence-corrected chi connectivity index (χ3v) is 6.63. The third kappa shape index (κ3) is 4.77. The molecule has 4 rings (SSSR count). The molecule has 1 fully saturated rings. The maximum Gasteiger partial charge on any atom is 0.0991 e. The molecule has 1 aliphatic rings.